The third-order valence-electron chi connectivity index (χ3n) is 3.88. The number of benzene rings is 1. The normalized spacial score (nSPS) is 11.9. The molecule has 0 fully saturated rings. The molecule has 2 aromatic rings. The highest BCUT2D eigenvalue weighted by molar-refractivity contribution is 6.30. The fourth-order valence-corrected chi connectivity index (χ4v) is 2.61. The largest absolute Gasteiger partial charge is 0.508 e. The third kappa shape index (κ3) is 7.18. The lowest BCUT2D eigenvalue weighted by Crippen LogP contribution is -2.17. The Morgan fingerprint density at radius 2 is 1.96 bits per heavy atom. The summed E-state index contributed by atoms with van der Waals surface area (Å²) in [5.41, 5.74) is 0.859. The molecule has 0 radical (unpaired) electrons. The van der Waals surface area contributed by atoms with Crippen molar-refractivity contribution in [1.29, 1.82) is 0 Å². The van der Waals surface area contributed by atoms with Crippen molar-refractivity contribution < 1.29 is 14.3 Å². The van der Waals surface area contributed by atoms with E-state index in [2.05, 4.69) is 11.9 Å². The summed E-state index contributed by atoms with van der Waals surface area (Å²) in [6, 6.07) is 7.25. The Labute approximate surface area is 153 Å². The van der Waals surface area contributed by atoms with Gasteiger partial charge in [0, 0.05) is 17.4 Å². The maximum absolute atomic E-state index is 12.0. The summed E-state index contributed by atoms with van der Waals surface area (Å²) in [7, 11) is 0. The van der Waals surface area contributed by atoms with Gasteiger partial charge in [0.1, 0.15) is 6.10 Å². The van der Waals surface area contributed by atoms with E-state index in [4.69, 9.17) is 21.1 Å². The smallest absolute Gasteiger partial charge is 0.434 e. The van der Waals surface area contributed by atoms with Gasteiger partial charge in [-0.3, -0.25) is 0 Å². The molecule has 0 aliphatic heterocycles. The highest BCUT2D eigenvalue weighted by Crippen LogP contribution is 2.22. The first-order valence-electron chi connectivity index (χ1n) is 8.73. The molecule has 1 atom stereocenters. The summed E-state index contributed by atoms with van der Waals surface area (Å²) in [5.74, 6) is 0. The Morgan fingerprint density at radius 3 is 2.64 bits per heavy atom. The van der Waals surface area contributed by atoms with Crippen molar-refractivity contribution in [2.24, 2.45) is 0 Å². The molecule has 5 nitrogen and oxygen atoms in total. The first-order valence-corrected chi connectivity index (χ1v) is 9.11. The molecule has 2 rings (SSSR count). The van der Waals surface area contributed by atoms with Crippen molar-refractivity contribution in [3.8, 4) is 0 Å². The number of ether oxygens (including phenoxy) is 2. The summed E-state index contributed by atoms with van der Waals surface area (Å²) in [6.07, 6.45) is 9.61. The average Bonchev–Trinajstić information content (AvgIpc) is 3.11. The molecular weight excluding hydrogens is 340 g/mol. The summed E-state index contributed by atoms with van der Waals surface area (Å²) >= 11 is 5.94. The second-order valence-electron chi connectivity index (χ2n) is 5.93. The molecule has 136 valence electrons. The van der Waals surface area contributed by atoms with Crippen molar-refractivity contribution in [1.82, 2.24) is 9.55 Å². The van der Waals surface area contributed by atoms with Crippen LogP contribution in [0.25, 0.3) is 0 Å². The molecule has 0 spiro atoms. The van der Waals surface area contributed by atoms with Crippen LogP contribution >= 0.6 is 11.6 Å². The van der Waals surface area contributed by atoms with Gasteiger partial charge in [-0.2, -0.15) is 0 Å². The summed E-state index contributed by atoms with van der Waals surface area (Å²) in [5, 5.41) is 0.639. The highest BCUT2D eigenvalue weighted by Gasteiger charge is 2.18. The van der Waals surface area contributed by atoms with Gasteiger partial charge >= 0.3 is 6.16 Å². The predicted octanol–water partition coefficient (Wildman–Crippen LogP) is 5.40. The van der Waals surface area contributed by atoms with E-state index in [1.54, 1.807) is 24.7 Å². The summed E-state index contributed by atoms with van der Waals surface area (Å²) < 4.78 is 12.6. The van der Waals surface area contributed by atoms with Crippen molar-refractivity contribution in [3.63, 3.8) is 0 Å². The van der Waals surface area contributed by atoms with Crippen LogP contribution in [0.2, 0.25) is 5.02 Å². The second kappa shape index (κ2) is 10.8. The second-order valence-corrected chi connectivity index (χ2v) is 6.37. The van der Waals surface area contributed by atoms with Crippen LogP contribution in [0.1, 0.15) is 50.7 Å². The molecule has 1 unspecified atom stereocenters. The molecule has 25 heavy (non-hydrogen) atoms. The van der Waals surface area contributed by atoms with Crippen LogP contribution in [0, 0.1) is 0 Å². The average molecular weight is 365 g/mol. The summed E-state index contributed by atoms with van der Waals surface area (Å²) in [6.45, 7) is 3.03. The van der Waals surface area contributed by atoms with E-state index < -0.39 is 12.3 Å². The number of imidazole rings is 1. The Hall–Kier alpha value is -2.01. The van der Waals surface area contributed by atoms with E-state index in [0.29, 0.717) is 18.2 Å². The number of halogens is 1. The van der Waals surface area contributed by atoms with E-state index >= 15 is 0 Å². The van der Waals surface area contributed by atoms with Gasteiger partial charge in [-0.25, -0.2) is 9.78 Å². The summed E-state index contributed by atoms with van der Waals surface area (Å²) in [4.78, 5) is 16.0. The third-order valence-corrected chi connectivity index (χ3v) is 4.14. The van der Waals surface area contributed by atoms with Crippen LogP contribution in [-0.2, 0) is 16.0 Å². The van der Waals surface area contributed by atoms with Gasteiger partial charge in [0.25, 0.3) is 0 Å². The van der Waals surface area contributed by atoms with E-state index in [1.807, 2.05) is 22.9 Å². The molecule has 0 N–H and O–H groups in total. The Balaban J connectivity index is 1.87. The Morgan fingerprint density at radius 1 is 1.20 bits per heavy atom. The van der Waals surface area contributed by atoms with Gasteiger partial charge in [-0.1, -0.05) is 56.3 Å². The lowest BCUT2D eigenvalue weighted by atomic mass is 10.1. The van der Waals surface area contributed by atoms with E-state index in [0.717, 1.165) is 18.4 Å². The number of carbonyl (C=O) groups is 1. The molecule has 0 saturated carbocycles. The first-order chi connectivity index (χ1) is 12.2. The lowest BCUT2D eigenvalue weighted by molar-refractivity contribution is 0.0161. The van der Waals surface area contributed by atoms with Crippen molar-refractivity contribution in [2.45, 2.75) is 51.7 Å². The fourth-order valence-electron chi connectivity index (χ4n) is 2.49. The number of unbranched alkanes of at least 4 members (excludes halogenated alkanes) is 4. The standard InChI is InChI=1S/C19H25ClN2O3/c1-2-3-4-5-6-13-24-19(23)25-18(14-22-12-11-21-15-22)16-7-9-17(20)10-8-16/h7-12,15,18H,2-6,13-14H2,1H3. The molecule has 6 heteroatoms. The molecule has 1 heterocycles. The maximum atomic E-state index is 12.0. The van der Waals surface area contributed by atoms with Gasteiger partial charge in [-0.15, -0.1) is 0 Å². The van der Waals surface area contributed by atoms with Gasteiger partial charge in [-0.05, 0) is 24.1 Å². The maximum Gasteiger partial charge on any atom is 0.508 e. The van der Waals surface area contributed by atoms with Crippen LogP contribution in [0.4, 0.5) is 4.79 Å². The van der Waals surface area contributed by atoms with Gasteiger partial charge < -0.3 is 14.0 Å². The SMILES string of the molecule is CCCCCCCOC(=O)OC(Cn1ccnc1)c1ccc(Cl)cc1. The number of aromatic nitrogens is 2. The number of hydrogen-bond acceptors (Lipinski definition) is 4. The zero-order chi connectivity index (χ0) is 17.9. The zero-order valence-electron chi connectivity index (χ0n) is 14.6. The van der Waals surface area contributed by atoms with Crippen LogP contribution < -0.4 is 0 Å². The molecule has 1 aromatic carbocycles. The number of hydrogen-bond donors (Lipinski definition) is 0. The predicted molar refractivity (Wildman–Crippen MR) is 97.6 cm³/mol. The van der Waals surface area contributed by atoms with Crippen molar-refractivity contribution in [2.75, 3.05) is 6.61 Å². The molecule has 0 bridgehead atoms. The van der Waals surface area contributed by atoms with Gasteiger partial charge in [0.05, 0.1) is 19.5 Å². The molecular formula is C19H25ClN2O3. The number of carbonyl (C=O) groups excluding carboxylic acids is 1. The molecule has 0 saturated heterocycles. The number of rotatable bonds is 10. The molecule has 0 aliphatic rings. The van der Waals surface area contributed by atoms with Crippen LogP contribution in [0.3, 0.4) is 0 Å². The molecule has 0 aliphatic carbocycles. The zero-order valence-corrected chi connectivity index (χ0v) is 15.3. The van der Waals surface area contributed by atoms with Crippen LogP contribution in [-0.4, -0.2) is 22.3 Å². The monoisotopic (exact) mass is 364 g/mol. The minimum absolute atomic E-state index is 0.390. The van der Waals surface area contributed by atoms with Crippen LogP contribution in [0.5, 0.6) is 0 Å². The van der Waals surface area contributed by atoms with E-state index in [-0.39, 0.29) is 0 Å². The quantitative estimate of drug-likeness (QED) is 0.418. The Bertz CT molecular complexity index is 614. The number of nitrogens with zero attached hydrogens (tertiary/aromatic N) is 2. The molecule has 0 amide bonds. The van der Waals surface area contributed by atoms with Crippen molar-refractivity contribution >= 4 is 17.8 Å². The minimum Gasteiger partial charge on any atom is -0.434 e. The Kier molecular flexibility index (Phi) is 8.32. The topological polar surface area (TPSA) is 53.4 Å². The van der Waals surface area contributed by atoms with E-state index in [1.165, 1.54) is 19.3 Å². The minimum atomic E-state index is -0.643. The molecule has 1 aromatic heterocycles. The first kappa shape index (κ1) is 19.3. The fraction of sp³-hybridized carbons (Fsp3) is 0.474. The highest BCUT2D eigenvalue weighted by atomic mass is 35.5. The van der Waals surface area contributed by atoms with Crippen LogP contribution in [0.15, 0.2) is 43.0 Å². The van der Waals surface area contributed by atoms with Gasteiger partial charge in [0.2, 0.25) is 0 Å². The van der Waals surface area contributed by atoms with Crippen molar-refractivity contribution in [3.05, 3.63) is 53.6 Å². The van der Waals surface area contributed by atoms with Gasteiger partial charge in [0.15, 0.2) is 0 Å². The lowest BCUT2D eigenvalue weighted by Gasteiger charge is -2.18. The van der Waals surface area contributed by atoms with E-state index in [9.17, 15) is 4.79 Å².